The van der Waals surface area contributed by atoms with Crippen LogP contribution in [0.1, 0.15) is 11.6 Å². The van der Waals surface area contributed by atoms with Crippen molar-refractivity contribution in [3.8, 4) is 0 Å². The summed E-state index contributed by atoms with van der Waals surface area (Å²) in [5.74, 6) is -0.427. The van der Waals surface area contributed by atoms with E-state index in [2.05, 4.69) is 27.8 Å². The van der Waals surface area contributed by atoms with Crippen molar-refractivity contribution in [1.82, 2.24) is 0 Å². The number of hydrogen-bond acceptors (Lipinski definition) is 3. The molecule has 0 aliphatic rings. The molecule has 0 amide bonds. The maximum atomic E-state index is 11.8. The summed E-state index contributed by atoms with van der Waals surface area (Å²) in [5, 5.41) is 3.33. The van der Waals surface area contributed by atoms with Crippen molar-refractivity contribution in [2.45, 2.75) is 6.04 Å². The summed E-state index contributed by atoms with van der Waals surface area (Å²) in [5.41, 5.74) is 2.19. The van der Waals surface area contributed by atoms with Crippen LogP contribution in [0.25, 0.3) is 0 Å². The molecule has 0 aliphatic heterocycles. The van der Waals surface area contributed by atoms with E-state index in [4.69, 9.17) is 4.74 Å². The molecule has 3 nitrogen and oxygen atoms in total. The molecule has 2 aromatic carbocycles. The molecule has 2 aromatic rings. The maximum Gasteiger partial charge on any atom is 0.335 e. The van der Waals surface area contributed by atoms with Gasteiger partial charge in [0.05, 0.1) is 18.7 Å². The number of benzene rings is 2. The van der Waals surface area contributed by atoms with Crippen molar-refractivity contribution in [1.29, 1.82) is 0 Å². The second kappa shape index (κ2) is 7.09. The highest BCUT2D eigenvalue weighted by Crippen LogP contribution is 2.30. The van der Waals surface area contributed by atoms with Crippen molar-refractivity contribution < 1.29 is 9.53 Å². The third kappa shape index (κ3) is 3.73. The van der Waals surface area contributed by atoms with Crippen LogP contribution >= 0.6 is 15.9 Å². The molecular weight excluding hydrogens is 330 g/mol. The van der Waals surface area contributed by atoms with Crippen LogP contribution in [0.4, 0.5) is 5.69 Å². The zero-order chi connectivity index (χ0) is 15.2. The number of esters is 1. The second-order valence-electron chi connectivity index (χ2n) is 4.48. The zero-order valence-electron chi connectivity index (χ0n) is 11.7. The van der Waals surface area contributed by atoms with E-state index in [1.807, 2.05) is 54.6 Å². The lowest BCUT2D eigenvalue weighted by molar-refractivity contribution is -0.136. The van der Waals surface area contributed by atoms with Gasteiger partial charge in [0.25, 0.3) is 0 Å². The molecule has 0 saturated heterocycles. The Kier molecular flexibility index (Phi) is 5.17. The first-order chi connectivity index (χ1) is 10.1. The van der Waals surface area contributed by atoms with E-state index in [-0.39, 0.29) is 6.04 Å². The Bertz CT molecular complexity index is 640. The summed E-state index contributed by atoms with van der Waals surface area (Å²) in [4.78, 5) is 11.8. The van der Waals surface area contributed by atoms with Crippen molar-refractivity contribution in [3.05, 3.63) is 76.8 Å². The SMILES string of the molecule is C=C(C(=O)OC)[C@H](Nc1ccccc1Br)c1ccccc1. The molecular formula is C17H16BrNO2. The number of rotatable bonds is 5. The minimum absolute atomic E-state index is 0.350. The highest BCUT2D eigenvalue weighted by molar-refractivity contribution is 9.10. The summed E-state index contributed by atoms with van der Waals surface area (Å²) in [6.07, 6.45) is 0. The van der Waals surface area contributed by atoms with Gasteiger partial charge in [-0.1, -0.05) is 49.0 Å². The Morgan fingerprint density at radius 2 is 1.76 bits per heavy atom. The molecule has 2 rings (SSSR count). The van der Waals surface area contributed by atoms with Crippen LogP contribution < -0.4 is 5.32 Å². The molecule has 0 aromatic heterocycles. The number of carbonyl (C=O) groups excluding carboxylic acids is 1. The Labute approximate surface area is 132 Å². The number of methoxy groups -OCH3 is 1. The second-order valence-corrected chi connectivity index (χ2v) is 5.34. The van der Waals surface area contributed by atoms with Crippen molar-refractivity contribution in [2.75, 3.05) is 12.4 Å². The van der Waals surface area contributed by atoms with Crippen LogP contribution in [-0.2, 0) is 9.53 Å². The first-order valence-electron chi connectivity index (χ1n) is 6.46. The molecule has 4 heteroatoms. The maximum absolute atomic E-state index is 11.8. The molecule has 21 heavy (non-hydrogen) atoms. The number of halogens is 1. The molecule has 0 fully saturated rings. The molecule has 0 aliphatic carbocycles. The number of hydrogen-bond donors (Lipinski definition) is 1. The Balaban J connectivity index is 2.35. The fraction of sp³-hybridized carbons (Fsp3) is 0.118. The van der Waals surface area contributed by atoms with Crippen LogP contribution in [0.15, 0.2) is 71.2 Å². The van der Waals surface area contributed by atoms with E-state index < -0.39 is 5.97 Å². The normalized spacial score (nSPS) is 11.5. The summed E-state index contributed by atoms with van der Waals surface area (Å²) in [6, 6.07) is 17.1. The van der Waals surface area contributed by atoms with Gasteiger partial charge in [-0.05, 0) is 33.6 Å². The quantitative estimate of drug-likeness (QED) is 0.647. The molecule has 1 atom stereocenters. The molecule has 0 heterocycles. The highest BCUT2D eigenvalue weighted by Gasteiger charge is 2.21. The minimum Gasteiger partial charge on any atom is -0.466 e. The minimum atomic E-state index is -0.427. The average Bonchev–Trinajstić information content (AvgIpc) is 2.53. The van der Waals surface area contributed by atoms with E-state index in [0.29, 0.717) is 5.57 Å². The third-order valence-electron chi connectivity index (χ3n) is 3.10. The lowest BCUT2D eigenvalue weighted by Gasteiger charge is -2.22. The molecule has 0 unspecified atom stereocenters. The van der Waals surface area contributed by atoms with Gasteiger partial charge in [0.15, 0.2) is 0 Å². The smallest absolute Gasteiger partial charge is 0.335 e. The predicted octanol–water partition coefficient (Wildman–Crippen LogP) is 4.33. The molecule has 0 saturated carbocycles. The highest BCUT2D eigenvalue weighted by atomic mass is 79.9. The zero-order valence-corrected chi connectivity index (χ0v) is 13.3. The van der Waals surface area contributed by atoms with E-state index in [9.17, 15) is 4.79 Å². The fourth-order valence-corrected chi connectivity index (χ4v) is 2.40. The fourth-order valence-electron chi connectivity index (χ4n) is 2.00. The third-order valence-corrected chi connectivity index (χ3v) is 3.79. The molecule has 1 N–H and O–H groups in total. The van der Waals surface area contributed by atoms with E-state index in [0.717, 1.165) is 15.7 Å². The van der Waals surface area contributed by atoms with Gasteiger partial charge in [-0.3, -0.25) is 0 Å². The topological polar surface area (TPSA) is 38.3 Å². The van der Waals surface area contributed by atoms with Gasteiger partial charge in [-0.15, -0.1) is 0 Å². The summed E-state index contributed by atoms with van der Waals surface area (Å²) in [7, 11) is 1.36. The number of carbonyl (C=O) groups is 1. The Hall–Kier alpha value is -2.07. The Morgan fingerprint density at radius 1 is 1.14 bits per heavy atom. The monoisotopic (exact) mass is 345 g/mol. The van der Waals surface area contributed by atoms with Crippen molar-refractivity contribution in [3.63, 3.8) is 0 Å². The molecule has 0 spiro atoms. The first kappa shape index (κ1) is 15.3. The van der Waals surface area contributed by atoms with Gasteiger partial charge >= 0.3 is 5.97 Å². The van der Waals surface area contributed by atoms with Gasteiger partial charge < -0.3 is 10.1 Å². The van der Waals surface area contributed by atoms with Crippen LogP contribution in [0, 0.1) is 0 Å². The Morgan fingerprint density at radius 3 is 2.38 bits per heavy atom. The van der Waals surface area contributed by atoms with E-state index in [1.54, 1.807) is 0 Å². The van der Waals surface area contributed by atoms with Crippen molar-refractivity contribution >= 4 is 27.6 Å². The number of ether oxygens (including phenoxy) is 1. The van der Waals surface area contributed by atoms with Gasteiger partial charge in [-0.25, -0.2) is 4.79 Å². The lowest BCUT2D eigenvalue weighted by atomic mass is 9.99. The molecule has 108 valence electrons. The van der Waals surface area contributed by atoms with Gasteiger partial charge in [-0.2, -0.15) is 0 Å². The molecule has 0 bridgehead atoms. The number of nitrogens with one attached hydrogen (secondary N) is 1. The van der Waals surface area contributed by atoms with Crippen LogP contribution in [0.3, 0.4) is 0 Å². The van der Waals surface area contributed by atoms with Crippen LogP contribution in [-0.4, -0.2) is 13.1 Å². The van der Waals surface area contributed by atoms with E-state index in [1.165, 1.54) is 7.11 Å². The first-order valence-corrected chi connectivity index (χ1v) is 7.26. The van der Waals surface area contributed by atoms with Gasteiger partial charge in [0.2, 0.25) is 0 Å². The lowest BCUT2D eigenvalue weighted by Crippen LogP contribution is -2.19. The van der Waals surface area contributed by atoms with Gasteiger partial charge in [0.1, 0.15) is 0 Å². The summed E-state index contributed by atoms with van der Waals surface area (Å²) in [6.45, 7) is 3.88. The standard InChI is InChI=1S/C17H16BrNO2/c1-12(17(20)21-2)16(13-8-4-3-5-9-13)19-15-11-7-6-10-14(15)18/h3-11,16,19H,1H2,2H3/t16-/m0/s1. The van der Waals surface area contributed by atoms with Gasteiger partial charge in [0, 0.05) is 10.2 Å². The van der Waals surface area contributed by atoms with E-state index >= 15 is 0 Å². The number of anilines is 1. The van der Waals surface area contributed by atoms with Crippen molar-refractivity contribution in [2.24, 2.45) is 0 Å². The largest absolute Gasteiger partial charge is 0.466 e. The molecule has 0 radical (unpaired) electrons. The number of para-hydroxylation sites is 1. The van der Waals surface area contributed by atoms with Crippen LogP contribution in [0.5, 0.6) is 0 Å². The average molecular weight is 346 g/mol. The predicted molar refractivity (Wildman–Crippen MR) is 88.1 cm³/mol. The summed E-state index contributed by atoms with van der Waals surface area (Å²) >= 11 is 3.49. The summed E-state index contributed by atoms with van der Waals surface area (Å²) < 4.78 is 5.71. The van der Waals surface area contributed by atoms with Crippen LogP contribution in [0.2, 0.25) is 0 Å².